The monoisotopic (exact) mass is 355 g/mol. The molecular formula is C21H23OS2+. The maximum atomic E-state index is 6.10. The fourth-order valence-electron chi connectivity index (χ4n) is 4.36. The van der Waals surface area contributed by atoms with E-state index in [0.717, 1.165) is 18.3 Å². The zero-order valence-electron chi connectivity index (χ0n) is 13.9. The first-order valence-corrected chi connectivity index (χ1v) is 11.4. The Kier molecular flexibility index (Phi) is 4.04. The number of ether oxygens (including phenoxy) is 1. The normalized spacial score (nSPS) is 29.2. The summed E-state index contributed by atoms with van der Waals surface area (Å²) in [6, 6.07) is 7.31. The molecule has 1 aliphatic heterocycles. The van der Waals surface area contributed by atoms with E-state index in [0.29, 0.717) is 17.0 Å². The zero-order valence-corrected chi connectivity index (χ0v) is 15.5. The van der Waals surface area contributed by atoms with Crippen molar-refractivity contribution in [3.63, 3.8) is 0 Å². The molecule has 3 atom stereocenters. The summed E-state index contributed by atoms with van der Waals surface area (Å²) >= 11 is 1.97. The largest absolute Gasteiger partial charge is 0.368 e. The van der Waals surface area contributed by atoms with Crippen molar-refractivity contribution in [1.82, 2.24) is 0 Å². The van der Waals surface area contributed by atoms with Crippen molar-refractivity contribution in [2.45, 2.75) is 48.4 Å². The summed E-state index contributed by atoms with van der Waals surface area (Å²) in [5, 5.41) is 2.23. The number of benzene rings is 1. The SMILES string of the molecule is C1=CCc2sc3ccc([S+]4CCOC5CCCCC54)cc3c2C=C1. The highest BCUT2D eigenvalue weighted by molar-refractivity contribution is 7.97. The molecule has 5 rings (SSSR count). The first-order valence-electron chi connectivity index (χ1n) is 9.10. The van der Waals surface area contributed by atoms with Gasteiger partial charge in [0, 0.05) is 38.3 Å². The van der Waals surface area contributed by atoms with E-state index in [4.69, 9.17) is 4.74 Å². The van der Waals surface area contributed by atoms with Crippen molar-refractivity contribution < 1.29 is 4.74 Å². The third-order valence-electron chi connectivity index (χ3n) is 5.53. The lowest BCUT2D eigenvalue weighted by atomic mass is 9.97. The summed E-state index contributed by atoms with van der Waals surface area (Å²) < 4.78 is 7.55. The van der Waals surface area contributed by atoms with E-state index in [2.05, 4.69) is 42.5 Å². The van der Waals surface area contributed by atoms with E-state index in [1.54, 1.807) is 4.90 Å². The molecule has 0 bridgehead atoms. The Bertz CT molecular complexity index is 815. The van der Waals surface area contributed by atoms with Crippen LogP contribution in [0, 0.1) is 0 Å². The van der Waals surface area contributed by atoms with E-state index in [1.165, 1.54) is 52.0 Å². The lowest BCUT2D eigenvalue weighted by molar-refractivity contribution is 0.0342. The van der Waals surface area contributed by atoms with Crippen molar-refractivity contribution in [3.05, 3.63) is 46.9 Å². The van der Waals surface area contributed by atoms with Crippen molar-refractivity contribution in [2.75, 3.05) is 12.4 Å². The summed E-state index contributed by atoms with van der Waals surface area (Å²) in [5.74, 6) is 1.22. The molecule has 2 aromatic rings. The second kappa shape index (κ2) is 6.36. The van der Waals surface area contributed by atoms with Gasteiger partial charge in [0.25, 0.3) is 0 Å². The van der Waals surface area contributed by atoms with Gasteiger partial charge in [-0.3, -0.25) is 0 Å². The van der Waals surface area contributed by atoms with E-state index in [1.807, 2.05) is 11.3 Å². The molecule has 3 heteroatoms. The molecule has 1 aromatic heterocycles. The molecular weight excluding hydrogens is 332 g/mol. The average molecular weight is 356 g/mol. The quantitative estimate of drug-likeness (QED) is 0.627. The molecule has 2 fully saturated rings. The second-order valence-corrected chi connectivity index (χ2v) is 10.4. The average Bonchev–Trinajstić information content (AvgIpc) is 2.81. The van der Waals surface area contributed by atoms with E-state index < -0.39 is 0 Å². The zero-order chi connectivity index (χ0) is 15.9. The van der Waals surface area contributed by atoms with Crippen LogP contribution < -0.4 is 0 Å². The first-order chi connectivity index (χ1) is 11.9. The predicted molar refractivity (Wildman–Crippen MR) is 106 cm³/mol. The summed E-state index contributed by atoms with van der Waals surface area (Å²) in [6.07, 6.45) is 15.9. The third-order valence-corrected chi connectivity index (χ3v) is 9.48. The Balaban J connectivity index is 1.56. The summed E-state index contributed by atoms with van der Waals surface area (Å²) in [5.41, 5.74) is 1.46. The molecule has 0 radical (unpaired) electrons. The molecule has 1 aromatic carbocycles. The number of rotatable bonds is 1. The minimum atomic E-state index is 0.370. The molecule has 2 heterocycles. The van der Waals surface area contributed by atoms with Gasteiger partial charge >= 0.3 is 0 Å². The van der Waals surface area contributed by atoms with Crippen molar-refractivity contribution >= 4 is 38.4 Å². The fraction of sp³-hybridized carbons (Fsp3) is 0.429. The maximum Gasteiger partial charge on any atom is 0.156 e. The predicted octanol–water partition coefficient (Wildman–Crippen LogP) is 5.35. The number of allylic oxidation sites excluding steroid dienone is 3. The highest BCUT2D eigenvalue weighted by Crippen LogP contribution is 2.39. The van der Waals surface area contributed by atoms with E-state index in [9.17, 15) is 0 Å². The van der Waals surface area contributed by atoms with Crippen LogP contribution in [-0.2, 0) is 22.1 Å². The lowest BCUT2D eigenvalue weighted by Gasteiger charge is -2.34. The van der Waals surface area contributed by atoms with Crippen LogP contribution in [0.5, 0.6) is 0 Å². The van der Waals surface area contributed by atoms with Gasteiger partial charge in [0.1, 0.15) is 17.1 Å². The van der Waals surface area contributed by atoms with Crippen LogP contribution >= 0.6 is 11.3 Å². The van der Waals surface area contributed by atoms with Crippen LogP contribution in [0.2, 0.25) is 0 Å². The van der Waals surface area contributed by atoms with Gasteiger partial charge in [-0.1, -0.05) is 30.7 Å². The molecule has 24 heavy (non-hydrogen) atoms. The number of fused-ring (bicyclic) bond motifs is 4. The van der Waals surface area contributed by atoms with Crippen molar-refractivity contribution in [3.8, 4) is 0 Å². The van der Waals surface area contributed by atoms with Gasteiger partial charge in [-0.15, -0.1) is 11.3 Å². The third kappa shape index (κ3) is 2.58. The standard InChI is InChI=1S/C21H23OS2/c1-2-6-16-17-14-15(10-11-20(17)23-19(16)8-3-1)24-13-12-22-18-7-4-5-9-21(18)24/h1-3,6,10-11,14,18,21H,4-5,7-9,12-13H2/q+1. The van der Waals surface area contributed by atoms with Crippen molar-refractivity contribution in [1.29, 1.82) is 0 Å². The van der Waals surface area contributed by atoms with Gasteiger partial charge in [-0.05, 0) is 37.0 Å². The molecule has 0 N–H and O–H groups in total. The smallest absolute Gasteiger partial charge is 0.156 e. The van der Waals surface area contributed by atoms with E-state index in [-0.39, 0.29) is 0 Å². The first kappa shape index (κ1) is 15.2. The molecule has 124 valence electrons. The van der Waals surface area contributed by atoms with Gasteiger partial charge in [-0.25, -0.2) is 0 Å². The van der Waals surface area contributed by atoms with Crippen LogP contribution in [0.1, 0.15) is 36.1 Å². The highest BCUT2D eigenvalue weighted by Gasteiger charge is 2.44. The highest BCUT2D eigenvalue weighted by atomic mass is 32.2. The van der Waals surface area contributed by atoms with Crippen LogP contribution in [0.15, 0.2) is 41.3 Å². The minimum absolute atomic E-state index is 0.370. The summed E-state index contributed by atoms with van der Waals surface area (Å²) in [4.78, 5) is 3.09. The molecule has 0 spiro atoms. The molecule has 3 unspecified atom stereocenters. The van der Waals surface area contributed by atoms with Gasteiger partial charge in [0.15, 0.2) is 4.90 Å². The molecule has 0 amide bonds. The van der Waals surface area contributed by atoms with Crippen LogP contribution in [0.25, 0.3) is 16.2 Å². The van der Waals surface area contributed by atoms with Crippen LogP contribution in [0.3, 0.4) is 0 Å². The Morgan fingerprint density at radius 3 is 3.08 bits per heavy atom. The Morgan fingerprint density at radius 1 is 1.12 bits per heavy atom. The molecule has 1 saturated heterocycles. The molecule has 1 saturated carbocycles. The fourth-order valence-corrected chi connectivity index (χ4v) is 8.22. The molecule has 2 aliphatic carbocycles. The number of hydrogen-bond donors (Lipinski definition) is 0. The number of thiophene rings is 1. The Morgan fingerprint density at radius 2 is 2.08 bits per heavy atom. The topological polar surface area (TPSA) is 9.23 Å². The molecule has 1 nitrogen and oxygen atoms in total. The minimum Gasteiger partial charge on any atom is -0.368 e. The van der Waals surface area contributed by atoms with Gasteiger partial charge in [-0.2, -0.15) is 0 Å². The Hall–Kier alpha value is -1.03. The van der Waals surface area contributed by atoms with Gasteiger partial charge < -0.3 is 4.74 Å². The summed E-state index contributed by atoms with van der Waals surface area (Å²) in [6.45, 7) is 0.952. The number of hydrogen-bond acceptors (Lipinski definition) is 2. The van der Waals surface area contributed by atoms with Crippen LogP contribution in [-0.4, -0.2) is 23.7 Å². The second-order valence-electron chi connectivity index (χ2n) is 6.95. The maximum absolute atomic E-state index is 6.10. The van der Waals surface area contributed by atoms with Gasteiger partial charge in [0.2, 0.25) is 0 Å². The van der Waals surface area contributed by atoms with E-state index >= 15 is 0 Å². The lowest BCUT2D eigenvalue weighted by Crippen LogP contribution is -2.45. The van der Waals surface area contributed by atoms with Gasteiger partial charge in [0.05, 0.1) is 6.61 Å². The van der Waals surface area contributed by atoms with Crippen LogP contribution in [0.4, 0.5) is 0 Å². The van der Waals surface area contributed by atoms with Crippen molar-refractivity contribution in [2.24, 2.45) is 0 Å². The Labute approximate surface area is 150 Å². The summed E-state index contributed by atoms with van der Waals surface area (Å²) in [7, 11) is 0.370. The molecule has 3 aliphatic rings.